The summed E-state index contributed by atoms with van der Waals surface area (Å²) in [4.78, 5) is 22.0. The van der Waals surface area contributed by atoms with Crippen molar-refractivity contribution in [3.63, 3.8) is 0 Å². The lowest BCUT2D eigenvalue weighted by atomic mass is 9.99. The number of halogens is 1. The number of aromatic nitrogens is 2. The molecule has 0 N–H and O–H groups in total. The second-order valence-corrected chi connectivity index (χ2v) is 8.80. The number of carbonyl (C=O) groups excluding carboxylic acids is 1. The van der Waals surface area contributed by atoms with Crippen LogP contribution in [0.4, 0.5) is 4.79 Å². The zero-order valence-electron chi connectivity index (χ0n) is 14.5. The number of nitrogens with zero attached hydrogens (tertiary/aromatic N) is 3. The van der Waals surface area contributed by atoms with Crippen LogP contribution in [0.15, 0.2) is 11.4 Å². The number of likely N-dealkylation sites (tertiary alicyclic amines) is 1. The number of amides is 1. The van der Waals surface area contributed by atoms with Gasteiger partial charge >= 0.3 is 6.09 Å². The van der Waals surface area contributed by atoms with E-state index in [0.29, 0.717) is 24.0 Å². The number of ether oxygens (including phenoxy) is 1. The van der Waals surface area contributed by atoms with Crippen molar-refractivity contribution in [1.82, 2.24) is 14.9 Å². The predicted molar refractivity (Wildman–Crippen MR) is 93.6 cm³/mol. The van der Waals surface area contributed by atoms with Crippen LogP contribution in [0.1, 0.15) is 39.2 Å². The molecular weight excluding hydrogens is 350 g/mol. The molecule has 0 saturated carbocycles. The average Bonchev–Trinajstić information content (AvgIpc) is 2.49. The molecule has 0 aliphatic carbocycles. The van der Waals surface area contributed by atoms with Crippen molar-refractivity contribution in [1.29, 1.82) is 0 Å². The third kappa shape index (κ3) is 5.41. The van der Waals surface area contributed by atoms with E-state index in [1.54, 1.807) is 18.0 Å². The van der Waals surface area contributed by atoms with Gasteiger partial charge in [-0.1, -0.05) is 11.6 Å². The molecule has 1 atom stereocenters. The van der Waals surface area contributed by atoms with Crippen LogP contribution >= 0.6 is 11.6 Å². The normalized spacial score (nSPS) is 17.6. The number of hydrogen-bond donors (Lipinski definition) is 0. The highest BCUT2D eigenvalue weighted by molar-refractivity contribution is 7.84. The molecular formula is C16H24ClN3O3S. The Morgan fingerprint density at radius 2 is 2.04 bits per heavy atom. The Morgan fingerprint density at radius 3 is 2.58 bits per heavy atom. The summed E-state index contributed by atoms with van der Waals surface area (Å²) in [5.41, 5.74) is 0.278. The maximum Gasteiger partial charge on any atom is 0.410 e. The minimum absolute atomic E-state index is 0.271. The number of aryl methyl sites for hydroxylation is 1. The SMILES string of the molecule is Cc1cnc([S@](=O)CC2CCN(C(=O)OC(C)(C)C)CC2)nc1Cl. The van der Waals surface area contributed by atoms with Crippen molar-refractivity contribution in [3.05, 3.63) is 16.9 Å². The summed E-state index contributed by atoms with van der Waals surface area (Å²) in [6, 6.07) is 0. The minimum Gasteiger partial charge on any atom is -0.444 e. The van der Waals surface area contributed by atoms with Gasteiger partial charge in [0.1, 0.15) is 10.8 Å². The highest BCUT2D eigenvalue weighted by Gasteiger charge is 2.28. The molecule has 1 aromatic heterocycles. The van der Waals surface area contributed by atoms with Gasteiger partial charge in [0.15, 0.2) is 0 Å². The van der Waals surface area contributed by atoms with E-state index in [2.05, 4.69) is 9.97 Å². The summed E-state index contributed by atoms with van der Waals surface area (Å²) >= 11 is 5.96. The lowest BCUT2D eigenvalue weighted by molar-refractivity contribution is 0.0191. The first-order valence-corrected chi connectivity index (χ1v) is 9.71. The molecule has 0 aromatic carbocycles. The van der Waals surface area contributed by atoms with Gasteiger partial charge in [-0.2, -0.15) is 0 Å². The van der Waals surface area contributed by atoms with E-state index in [9.17, 15) is 9.00 Å². The van der Waals surface area contributed by atoms with Gasteiger partial charge in [0.25, 0.3) is 0 Å². The van der Waals surface area contributed by atoms with Crippen molar-refractivity contribution in [2.24, 2.45) is 5.92 Å². The van der Waals surface area contributed by atoms with Gasteiger partial charge < -0.3 is 9.64 Å². The maximum atomic E-state index is 12.4. The molecule has 134 valence electrons. The summed E-state index contributed by atoms with van der Waals surface area (Å²) in [5, 5.41) is 0.619. The van der Waals surface area contributed by atoms with Crippen LogP contribution < -0.4 is 0 Å². The second-order valence-electron chi connectivity index (χ2n) is 7.05. The van der Waals surface area contributed by atoms with E-state index >= 15 is 0 Å². The highest BCUT2D eigenvalue weighted by Crippen LogP contribution is 2.22. The fraction of sp³-hybridized carbons (Fsp3) is 0.688. The zero-order valence-corrected chi connectivity index (χ0v) is 16.1. The van der Waals surface area contributed by atoms with E-state index in [1.165, 1.54) is 0 Å². The molecule has 1 amide bonds. The second kappa shape index (κ2) is 7.78. The van der Waals surface area contributed by atoms with Gasteiger partial charge in [0.05, 0.1) is 10.8 Å². The molecule has 1 aromatic rings. The summed E-state index contributed by atoms with van der Waals surface area (Å²) in [7, 11) is -1.28. The van der Waals surface area contributed by atoms with Gasteiger partial charge in [0.2, 0.25) is 5.16 Å². The first-order chi connectivity index (χ1) is 11.2. The fourth-order valence-electron chi connectivity index (χ4n) is 2.41. The van der Waals surface area contributed by atoms with Crippen molar-refractivity contribution in [2.45, 2.75) is 51.3 Å². The molecule has 1 aliphatic rings. The third-order valence-corrected chi connectivity index (χ3v) is 5.51. The summed E-state index contributed by atoms with van der Waals surface area (Å²) < 4.78 is 17.8. The van der Waals surface area contributed by atoms with Crippen LogP contribution in [0.25, 0.3) is 0 Å². The largest absolute Gasteiger partial charge is 0.444 e. The Balaban J connectivity index is 1.85. The molecule has 1 saturated heterocycles. The zero-order chi connectivity index (χ0) is 17.9. The number of hydrogen-bond acceptors (Lipinski definition) is 5. The Bertz CT molecular complexity index is 625. The highest BCUT2D eigenvalue weighted by atomic mass is 35.5. The number of piperidine rings is 1. The van der Waals surface area contributed by atoms with E-state index in [4.69, 9.17) is 16.3 Å². The van der Waals surface area contributed by atoms with E-state index in [-0.39, 0.29) is 17.2 Å². The quantitative estimate of drug-likeness (QED) is 0.601. The van der Waals surface area contributed by atoms with Gasteiger partial charge in [-0.15, -0.1) is 0 Å². The Hall–Kier alpha value is -1.21. The third-order valence-electron chi connectivity index (χ3n) is 3.74. The van der Waals surface area contributed by atoms with Crippen LogP contribution in [-0.4, -0.2) is 49.6 Å². The summed E-state index contributed by atoms with van der Waals surface area (Å²) in [5.74, 6) is 0.759. The lowest BCUT2D eigenvalue weighted by Crippen LogP contribution is -2.42. The predicted octanol–water partition coefficient (Wildman–Crippen LogP) is 3.19. The van der Waals surface area contributed by atoms with Crippen LogP contribution in [-0.2, 0) is 15.5 Å². The minimum atomic E-state index is -1.28. The Morgan fingerprint density at radius 1 is 1.42 bits per heavy atom. The molecule has 0 unspecified atom stereocenters. The molecule has 0 bridgehead atoms. The van der Waals surface area contributed by atoms with Gasteiger partial charge in [-0.05, 0) is 46.5 Å². The topological polar surface area (TPSA) is 72.4 Å². The molecule has 6 nitrogen and oxygen atoms in total. The van der Waals surface area contributed by atoms with Crippen LogP contribution in [0.2, 0.25) is 5.15 Å². The van der Waals surface area contributed by atoms with Crippen molar-refractivity contribution >= 4 is 28.5 Å². The monoisotopic (exact) mass is 373 g/mol. The Kier molecular flexibility index (Phi) is 6.20. The molecule has 1 fully saturated rings. The molecule has 2 rings (SSSR count). The van der Waals surface area contributed by atoms with E-state index < -0.39 is 16.4 Å². The van der Waals surface area contributed by atoms with Crippen LogP contribution in [0.3, 0.4) is 0 Å². The molecule has 0 radical (unpaired) electrons. The molecule has 8 heteroatoms. The smallest absolute Gasteiger partial charge is 0.410 e. The first-order valence-electron chi connectivity index (χ1n) is 8.01. The van der Waals surface area contributed by atoms with Gasteiger partial charge in [-0.25, -0.2) is 14.8 Å². The summed E-state index contributed by atoms with van der Waals surface area (Å²) in [6.07, 6.45) is 2.90. The standard InChI is InChI=1S/C16H24ClN3O3S/c1-11-9-18-14(19-13(11)17)24(22)10-12-5-7-20(8-6-12)15(21)23-16(2,3)4/h9,12H,5-8,10H2,1-4H3/t24-/m1/s1. The van der Waals surface area contributed by atoms with E-state index in [0.717, 1.165) is 18.4 Å². The molecule has 1 aliphatic heterocycles. The van der Waals surface area contributed by atoms with Crippen LogP contribution in [0.5, 0.6) is 0 Å². The number of carbonyl (C=O) groups is 1. The fourth-order valence-corrected chi connectivity index (χ4v) is 3.87. The van der Waals surface area contributed by atoms with E-state index in [1.807, 2.05) is 20.8 Å². The van der Waals surface area contributed by atoms with Gasteiger partial charge in [0, 0.05) is 30.6 Å². The van der Waals surface area contributed by atoms with Gasteiger partial charge in [-0.3, -0.25) is 4.21 Å². The molecule has 0 spiro atoms. The summed E-state index contributed by atoms with van der Waals surface area (Å²) in [6.45, 7) is 8.61. The van der Waals surface area contributed by atoms with Crippen LogP contribution in [0, 0.1) is 12.8 Å². The maximum absolute atomic E-state index is 12.4. The molecule has 2 heterocycles. The van der Waals surface area contributed by atoms with Crippen molar-refractivity contribution in [3.8, 4) is 0 Å². The first kappa shape index (κ1) is 19.1. The Labute approximate surface area is 150 Å². The number of rotatable bonds is 3. The lowest BCUT2D eigenvalue weighted by Gasteiger charge is -2.33. The van der Waals surface area contributed by atoms with Crippen molar-refractivity contribution < 1.29 is 13.7 Å². The molecule has 24 heavy (non-hydrogen) atoms. The van der Waals surface area contributed by atoms with Crippen molar-refractivity contribution in [2.75, 3.05) is 18.8 Å². The average molecular weight is 374 g/mol.